The smallest absolute Gasteiger partial charge is 0.258 e. The van der Waals surface area contributed by atoms with E-state index in [9.17, 15) is 13.2 Å². The van der Waals surface area contributed by atoms with Crippen molar-refractivity contribution in [3.05, 3.63) is 52.9 Å². The van der Waals surface area contributed by atoms with Crippen LogP contribution in [0, 0.1) is 0 Å². The lowest BCUT2D eigenvalue weighted by molar-refractivity contribution is 0.473. The molecule has 1 N–H and O–H groups in total. The van der Waals surface area contributed by atoms with Crippen LogP contribution >= 0.6 is 0 Å². The van der Waals surface area contributed by atoms with Crippen molar-refractivity contribution in [3.8, 4) is 11.4 Å². The monoisotopic (exact) mass is 265 g/mol. The number of aromatic nitrogens is 1. The molecule has 0 aliphatic carbocycles. The highest BCUT2D eigenvalue weighted by atomic mass is 32.2. The van der Waals surface area contributed by atoms with Gasteiger partial charge in [0, 0.05) is 24.2 Å². The minimum Gasteiger partial charge on any atom is -0.508 e. The number of benzene rings is 1. The predicted octanol–water partition coefficient (Wildman–Crippen LogP) is 0.947. The molecule has 2 aromatic rings. The number of rotatable bonds is 2. The van der Waals surface area contributed by atoms with E-state index in [1.807, 2.05) is 0 Å². The lowest BCUT2D eigenvalue weighted by Crippen LogP contribution is -2.15. The predicted molar refractivity (Wildman–Crippen MR) is 66.8 cm³/mol. The summed E-state index contributed by atoms with van der Waals surface area (Å²) in [7, 11) is -3.25. The summed E-state index contributed by atoms with van der Waals surface area (Å²) in [4.78, 5) is 11.8. The van der Waals surface area contributed by atoms with Crippen LogP contribution in [0.2, 0.25) is 0 Å². The maximum atomic E-state index is 11.6. The molecule has 6 heteroatoms. The summed E-state index contributed by atoms with van der Waals surface area (Å²) in [5.74, 6) is -0.107. The molecule has 0 aliphatic rings. The Bertz CT molecular complexity index is 729. The molecule has 0 atom stereocenters. The summed E-state index contributed by atoms with van der Waals surface area (Å²) in [5, 5.41) is 9.14. The molecule has 5 nitrogen and oxygen atoms in total. The molecule has 94 valence electrons. The Kier molecular flexibility index (Phi) is 2.96. The van der Waals surface area contributed by atoms with E-state index in [4.69, 9.17) is 5.11 Å². The number of hydrogen-bond donors (Lipinski definition) is 1. The third kappa shape index (κ3) is 2.43. The average molecular weight is 265 g/mol. The van der Waals surface area contributed by atoms with E-state index in [0.29, 0.717) is 5.69 Å². The van der Waals surface area contributed by atoms with Crippen LogP contribution in [0.1, 0.15) is 0 Å². The first-order chi connectivity index (χ1) is 8.38. The van der Waals surface area contributed by atoms with Crippen LogP contribution in [0.4, 0.5) is 0 Å². The minimum absolute atomic E-state index is 0.107. The quantitative estimate of drug-likeness (QED) is 0.877. The molecule has 2 rings (SSSR count). The number of nitrogens with zero attached hydrogens (tertiary/aromatic N) is 1. The first-order valence-corrected chi connectivity index (χ1v) is 6.99. The highest BCUT2D eigenvalue weighted by Crippen LogP contribution is 2.13. The van der Waals surface area contributed by atoms with E-state index >= 15 is 0 Å². The summed E-state index contributed by atoms with van der Waals surface area (Å²) < 4.78 is 23.9. The van der Waals surface area contributed by atoms with Crippen LogP contribution in [0.5, 0.6) is 5.75 Å². The van der Waals surface area contributed by atoms with E-state index in [2.05, 4.69) is 0 Å². The van der Waals surface area contributed by atoms with Gasteiger partial charge in [-0.15, -0.1) is 0 Å². The van der Waals surface area contributed by atoms with Crippen molar-refractivity contribution in [3.63, 3.8) is 0 Å². The summed E-state index contributed by atoms with van der Waals surface area (Å²) in [6, 6.07) is 8.41. The van der Waals surface area contributed by atoms with Gasteiger partial charge in [-0.25, -0.2) is 8.42 Å². The van der Waals surface area contributed by atoms with E-state index in [1.54, 1.807) is 0 Å². The van der Waals surface area contributed by atoms with Gasteiger partial charge in [0.05, 0.1) is 4.90 Å². The van der Waals surface area contributed by atoms with Crippen LogP contribution in [0.15, 0.2) is 52.3 Å². The van der Waals surface area contributed by atoms with Crippen molar-refractivity contribution in [2.45, 2.75) is 4.90 Å². The van der Waals surface area contributed by atoms with Crippen molar-refractivity contribution >= 4 is 9.84 Å². The molecule has 1 heterocycles. The number of hydrogen-bond acceptors (Lipinski definition) is 4. The third-order valence-corrected chi connectivity index (χ3v) is 3.57. The number of aromatic hydroxyl groups is 1. The van der Waals surface area contributed by atoms with Gasteiger partial charge in [-0.3, -0.25) is 9.36 Å². The number of sulfone groups is 1. The second-order valence-electron chi connectivity index (χ2n) is 3.86. The zero-order valence-electron chi connectivity index (χ0n) is 9.57. The lowest BCUT2D eigenvalue weighted by atomic mass is 10.3. The van der Waals surface area contributed by atoms with Crippen LogP contribution < -0.4 is 5.56 Å². The van der Waals surface area contributed by atoms with Gasteiger partial charge in [-0.05, 0) is 30.3 Å². The second-order valence-corrected chi connectivity index (χ2v) is 5.87. The van der Waals surface area contributed by atoms with E-state index < -0.39 is 9.84 Å². The van der Waals surface area contributed by atoms with Crippen LogP contribution in [-0.2, 0) is 9.84 Å². The first kappa shape index (κ1) is 12.4. The Balaban J connectivity index is 2.50. The van der Waals surface area contributed by atoms with Crippen molar-refractivity contribution in [2.75, 3.05) is 6.26 Å². The SMILES string of the molecule is CS(=O)(=O)c1ccc(-n2ccc(O)cc2=O)cc1. The Hall–Kier alpha value is -2.08. The molecule has 0 radical (unpaired) electrons. The van der Waals surface area contributed by atoms with Gasteiger partial charge in [0.15, 0.2) is 9.84 Å². The van der Waals surface area contributed by atoms with Crippen molar-refractivity contribution < 1.29 is 13.5 Å². The molecule has 1 aromatic heterocycles. The Morgan fingerprint density at radius 2 is 1.72 bits per heavy atom. The first-order valence-electron chi connectivity index (χ1n) is 5.10. The Morgan fingerprint density at radius 1 is 1.11 bits per heavy atom. The molecule has 0 bridgehead atoms. The van der Waals surface area contributed by atoms with Gasteiger partial charge in [0.1, 0.15) is 5.75 Å². The molecule has 1 aromatic carbocycles. The molecule has 0 saturated heterocycles. The topological polar surface area (TPSA) is 76.4 Å². The van der Waals surface area contributed by atoms with Gasteiger partial charge in [0.25, 0.3) is 5.56 Å². The van der Waals surface area contributed by atoms with Crippen molar-refractivity contribution in [1.29, 1.82) is 0 Å². The molecular weight excluding hydrogens is 254 g/mol. The molecular formula is C12H11NO4S. The second kappa shape index (κ2) is 4.30. The van der Waals surface area contributed by atoms with Gasteiger partial charge < -0.3 is 5.11 Å². The molecule has 0 amide bonds. The zero-order chi connectivity index (χ0) is 13.3. The summed E-state index contributed by atoms with van der Waals surface area (Å²) >= 11 is 0. The van der Waals surface area contributed by atoms with Gasteiger partial charge >= 0.3 is 0 Å². The lowest BCUT2D eigenvalue weighted by Gasteiger charge is -2.06. The average Bonchev–Trinajstić information content (AvgIpc) is 2.28. The van der Waals surface area contributed by atoms with Gasteiger partial charge in [0.2, 0.25) is 0 Å². The van der Waals surface area contributed by atoms with E-state index in [0.717, 1.165) is 12.3 Å². The maximum Gasteiger partial charge on any atom is 0.258 e. The fourth-order valence-corrected chi connectivity index (χ4v) is 2.17. The molecule has 18 heavy (non-hydrogen) atoms. The van der Waals surface area contributed by atoms with Gasteiger partial charge in [-0.1, -0.05) is 0 Å². The Labute approximate surface area is 104 Å². The largest absolute Gasteiger partial charge is 0.508 e. The minimum atomic E-state index is -3.25. The highest BCUT2D eigenvalue weighted by molar-refractivity contribution is 7.90. The fraction of sp³-hybridized carbons (Fsp3) is 0.0833. The summed E-state index contributed by atoms with van der Waals surface area (Å²) in [6.07, 6.45) is 2.54. The zero-order valence-corrected chi connectivity index (χ0v) is 10.4. The van der Waals surface area contributed by atoms with Crippen LogP contribution in [0.3, 0.4) is 0 Å². The van der Waals surface area contributed by atoms with E-state index in [1.165, 1.54) is 41.1 Å². The maximum absolute atomic E-state index is 11.6. The molecule has 0 fully saturated rings. The Morgan fingerprint density at radius 3 is 2.22 bits per heavy atom. The summed E-state index contributed by atoms with van der Waals surface area (Å²) in [6.45, 7) is 0. The van der Waals surface area contributed by atoms with E-state index in [-0.39, 0.29) is 16.2 Å². The molecule has 0 saturated carbocycles. The van der Waals surface area contributed by atoms with Crippen LogP contribution in [0.25, 0.3) is 5.69 Å². The molecule has 0 aliphatic heterocycles. The highest BCUT2D eigenvalue weighted by Gasteiger charge is 2.07. The fourth-order valence-electron chi connectivity index (χ4n) is 1.54. The third-order valence-electron chi connectivity index (χ3n) is 2.45. The van der Waals surface area contributed by atoms with Crippen molar-refractivity contribution in [2.24, 2.45) is 0 Å². The van der Waals surface area contributed by atoms with Gasteiger partial charge in [-0.2, -0.15) is 0 Å². The normalized spacial score (nSPS) is 11.4. The standard InChI is InChI=1S/C12H11NO4S/c1-18(16,17)11-4-2-9(3-5-11)13-7-6-10(14)8-12(13)15/h2-8,14H,1H3. The number of pyridine rings is 1. The molecule has 0 unspecified atom stereocenters. The van der Waals surface area contributed by atoms with Crippen LogP contribution in [-0.4, -0.2) is 24.3 Å². The summed E-state index contributed by atoms with van der Waals surface area (Å²) in [5.41, 5.74) is 0.148. The molecule has 0 spiro atoms. The van der Waals surface area contributed by atoms with Crippen molar-refractivity contribution in [1.82, 2.24) is 4.57 Å².